The van der Waals surface area contributed by atoms with Crippen molar-refractivity contribution in [3.8, 4) is 5.75 Å². The van der Waals surface area contributed by atoms with Crippen molar-refractivity contribution >= 4 is 11.9 Å². The summed E-state index contributed by atoms with van der Waals surface area (Å²) in [4.78, 5) is 33.1. The Bertz CT molecular complexity index is 508. The summed E-state index contributed by atoms with van der Waals surface area (Å²) in [5.41, 5.74) is 4.91. The number of esters is 1. The van der Waals surface area contributed by atoms with E-state index < -0.39 is 23.4 Å². The van der Waals surface area contributed by atoms with Crippen molar-refractivity contribution in [2.45, 2.75) is 25.9 Å². The van der Waals surface area contributed by atoms with Crippen molar-refractivity contribution < 1.29 is 19.4 Å². The third kappa shape index (κ3) is 3.70. The highest BCUT2D eigenvalue weighted by molar-refractivity contribution is 5.73. The molecule has 0 amide bonds. The number of hydrogen-bond donors (Lipinski definition) is 2. The quantitative estimate of drug-likeness (QED) is 0.690. The van der Waals surface area contributed by atoms with Gasteiger partial charge >= 0.3 is 11.9 Å². The van der Waals surface area contributed by atoms with Crippen LogP contribution in [0.5, 0.6) is 5.75 Å². The van der Waals surface area contributed by atoms with Gasteiger partial charge in [-0.3, -0.25) is 14.4 Å². The Morgan fingerprint density at radius 1 is 1.56 bits per heavy atom. The van der Waals surface area contributed by atoms with Crippen LogP contribution in [0.25, 0.3) is 0 Å². The molecule has 0 unspecified atom stereocenters. The van der Waals surface area contributed by atoms with Crippen molar-refractivity contribution in [1.29, 1.82) is 0 Å². The fourth-order valence-corrected chi connectivity index (χ4v) is 1.19. The first-order valence-electron chi connectivity index (χ1n) is 5.33. The number of nitrogens with two attached hydrogens (primary N) is 1. The van der Waals surface area contributed by atoms with E-state index in [4.69, 9.17) is 15.6 Å². The topological polar surface area (TPSA) is 112 Å². The molecule has 1 atom stereocenters. The number of rotatable bonds is 5. The predicted octanol–water partition coefficient (Wildman–Crippen LogP) is -0.424. The number of carbonyl (C=O) groups excluding carboxylic acids is 1. The summed E-state index contributed by atoms with van der Waals surface area (Å²) in [7, 11) is 0. The normalized spacial score (nSPS) is 11.9. The van der Waals surface area contributed by atoms with Gasteiger partial charge in [-0.15, -0.1) is 0 Å². The third-order valence-corrected chi connectivity index (χ3v) is 2.18. The van der Waals surface area contributed by atoms with Gasteiger partial charge in [0, 0.05) is 25.2 Å². The van der Waals surface area contributed by atoms with E-state index in [1.165, 1.54) is 23.0 Å². The molecular formula is C11H14N2O5. The number of carboxylic acids is 1. The van der Waals surface area contributed by atoms with Crippen LogP contribution in [0.1, 0.15) is 13.3 Å². The van der Waals surface area contributed by atoms with Gasteiger partial charge in [0.05, 0.1) is 6.20 Å². The van der Waals surface area contributed by atoms with E-state index in [1.54, 1.807) is 6.92 Å². The highest BCUT2D eigenvalue weighted by Gasteiger charge is 2.13. The summed E-state index contributed by atoms with van der Waals surface area (Å²) in [6.45, 7) is 1.58. The maximum Gasteiger partial charge on any atom is 0.322 e. The number of carboxylic acid groups (broad SMARTS) is 1. The lowest BCUT2D eigenvalue weighted by Gasteiger charge is -2.11. The molecule has 0 aliphatic heterocycles. The number of ether oxygens (including phenoxy) is 1. The Labute approximate surface area is 103 Å². The largest absolute Gasteiger partial charge is 0.480 e. The second kappa shape index (κ2) is 5.97. The molecule has 0 bridgehead atoms. The van der Waals surface area contributed by atoms with E-state index in [-0.39, 0.29) is 18.7 Å². The van der Waals surface area contributed by atoms with Gasteiger partial charge in [-0.25, -0.2) is 0 Å². The fraction of sp³-hybridized carbons (Fsp3) is 0.364. The Morgan fingerprint density at radius 3 is 2.78 bits per heavy atom. The summed E-state index contributed by atoms with van der Waals surface area (Å²) in [6, 6.07) is 0.0922. The van der Waals surface area contributed by atoms with Crippen LogP contribution < -0.4 is 15.9 Å². The first-order chi connectivity index (χ1) is 8.43. The second-order valence-corrected chi connectivity index (χ2v) is 3.64. The molecule has 3 N–H and O–H groups in total. The van der Waals surface area contributed by atoms with Crippen molar-refractivity contribution in [3.63, 3.8) is 0 Å². The van der Waals surface area contributed by atoms with Crippen molar-refractivity contribution in [3.05, 3.63) is 28.7 Å². The van der Waals surface area contributed by atoms with Gasteiger partial charge in [0.25, 0.3) is 0 Å². The minimum absolute atomic E-state index is 0.0215. The van der Waals surface area contributed by atoms with E-state index in [0.717, 1.165) is 0 Å². The minimum atomic E-state index is -1.15. The van der Waals surface area contributed by atoms with E-state index in [1.807, 2.05) is 0 Å². The zero-order valence-corrected chi connectivity index (χ0v) is 9.83. The molecule has 0 radical (unpaired) electrons. The molecule has 1 aromatic rings. The lowest BCUT2D eigenvalue weighted by atomic mass is 10.3. The molecule has 18 heavy (non-hydrogen) atoms. The van der Waals surface area contributed by atoms with Crippen LogP contribution in [0, 0.1) is 0 Å². The van der Waals surface area contributed by atoms with Crippen molar-refractivity contribution in [2.75, 3.05) is 0 Å². The summed E-state index contributed by atoms with van der Waals surface area (Å²) in [6.07, 6.45) is 2.79. The Morgan fingerprint density at radius 2 is 2.22 bits per heavy atom. The van der Waals surface area contributed by atoms with Gasteiger partial charge in [0.15, 0.2) is 5.75 Å². The maximum absolute atomic E-state index is 11.4. The first-order valence-corrected chi connectivity index (χ1v) is 5.33. The van der Waals surface area contributed by atoms with Crippen molar-refractivity contribution in [1.82, 2.24) is 4.57 Å². The molecule has 0 saturated heterocycles. The molecule has 1 aromatic heterocycles. The number of hydrogen-bond acceptors (Lipinski definition) is 5. The number of aromatic nitrogens is 1. The fourth-order valence-electron chi connectivity index (χ4n) is 1.19. The molecule has 7 heteroatoms. The highest BCUT2D eigenvalue weighted by Crippen LogP contribution is 2.04. The Hall–Kier alpha value is -2.15. The average molecular weight is 254 g/mol. The lowest BCUT2D eigenvalue weighted by Crippen LogP contribution is -2.34. The van der Waals surface area contributed by atoms with Gasteiger partial charge in [0.2, 0.25) is 5.43 Å². The number of aliphatic carboxylic acids is 1. The van der Waals surface area contributed by atoms with Crippen LogP contribution in [-0.4, -0.2) is 27.7 Å². The smallest absolute Gasteiger partial charge is 0.322 e. The van der Waals surface area contributed by atoms with Gasteiger partial charge < -0.3 is 20.1 Å². The molecule has 0 fully saturated rings. The number of pyridine rings is 1. The molecule has 98 valence electrons. The average Bonchev–Trinajstić information content (AvgIpc) is 2.33. The zero-order valence-electron chi connectivity index (χ0n) is 9.83. The first kappa shape index (κ1) is 13.9. The zero-order chi connectivity index (χ0) is 13.7. The molecule has 0 aliphatic carbocycles. The van der Waals surface area contributed by atoms with E-state index >= 15 is 0 Å². The van der Waals surface area contributed by atoms with Crippen LogP contribution in [0.2, 0.25) is 0 Å². The summed E-state index contributed by atoms with van der Waals surface area (Å²) in [5, 5.41) is 8.67. The van der Waals surface area contributed by atoms with E-state index in [9.17, 15) is 14.4 Å². The number of nitrogens with zero attached hydrogens (tertiary/aromatic N) is 1. The molecule has 1 rings (SSSR count). The van der Waals surface area contributed by atoms with Crippen molar-refractivity contribution in [2.24, 2.45) is 5.73 Å². The van der Waals surface area contributed by atoms with Gasteiger partial charge in [0.1, 0.15) is 6.04 Å². The molecule has 0 saturated carbocycles. The van der Waals surface area contributed by atoms with Crippen LogP contribution in [0.4, 0.5) is 0 Å². The molecule has 0 aromatic carbocycles. The Kier molecular flexibility index (Phi) is 4.61. The number of carbonyl (C=O) groups is 2. The van der Waals surface area contributed by atoms with Crippen LogP contribution in [0.3, 0.4) is 0 Å². The Balaban J connectivity index is 2.90. The van der Waals surface area contributed by atoms with Gasteiger partial charge in [-0.05, 0) is 0 Å². The standard InChI is InChI=1S/C11H14N2O5/c1-2-10(15)18-9-6-13(4-3-8(9)14)5-7(12)11(16)17/h3-4,6-7H,2,5,12H2,1H3,(H,16,17)/t7-/m0/s1. The summed E-state index contributed by atoms with van der Waals surface area (Å²) < 4.78 is 6.20. The molecule has 1 heterocycles. The predicted molar refractivity (Wildman–Crippen MR) is 62.2 cm³/mol. The second-order valence-electron chi connectivity index (χ2n) is 3.64. The highest BCUT2D eigenvalue weighted by atomic mass is 16.5. The van der Waals surface area contributed by atoms with Crippen LogP contribution in [0.15, 0.2) is 23.3 Å². The van der Waals surface area contributed by atoms with E-state index in [0.29, 0.717) is 0 Å². The van der Waals surface area contributed by atoms with Gasteiger partial charge in [-0.1, -0.05) is 6.92 Å². The minimum Gasteiger partial charge on any atom is -0.480 e. The van der Waals surface area contributed by atoms with Crippen LogP contribution in [-0.2, 0) is 16.1 Å². The van der Waals surface area contributed by atoms with E-state index in [2.05, 4.69) is 0 Å². The SMILES string of the molecule is CCC(=O)Oc1cn(C[C@H](N)C(=O)O)ccc1=O. The van der Waals surface area contributed by atoms with Gasteiger partial charge in [-0.2, -0.15) is 0 Å². The third-order valence-electron chi connectivity index (χ3n) is 2.18. The monoisotopic (exact) mass is 254 g/mol. The maximum atomic E-state index is 11.4. The molecule has 0 spiro atoms. The molecule has 7 nitrogen and oxygen atoms in total. The summed E-state index contributed by atoms with van der Waals surface area (Å²) in [5.74, 6) is -1.82. The summed E-state index contributed by atoms with van der Waals surface area (Å²) >= 11 is 0. The molecule has 0 aliphatic rings. The van der Waals surface area contributed by atoms with Crippen LogP contribution >= 0.6 is 0 Å². The molecular weight excluding hydrogens is 240 g/mol. The lowest BCUT2D eigenvalue weighted by molar-refractivity contribution is -0.139.